The van der Waals surface area contributed by atoms with E-state index in [1.807, 2.05) is 67.7 Å². The van der Waals surface area contributed by atoms with Gasteiger partial charge in [-0.15, -0.1) is 0 Å². The van der Waals surface area contributed by atoms with Crippen LogP contribution in [0.15, 0.2) is 85.5 Å². The molecule has 4 rings (SSSR count). The lowest BCUT2D eigenvalue weighted by Crippen LogP contribution is -2.41. The summed E-state index contributed by atoms with van der Waals surface area (Å²) in [7, 11) is 0. The molecule has 8 nitrogen and oxygen atoms in total. The summed E-state index contributed by atoms with van der Waals surface area (Å²) in [6.45, 7) is 6.86. The first-order chi connectivity index (χ1) is 19.3. The van der Waals surface area contributed by atoms with E-state index in [-0.39, 0.29) is 5.91 Å². The van der Waals surface area contributed by atoms with Crippen LogP contribution in [0, 0.1) is 6.92 Å². The summed E-state index contributed by atoms with van der Waals surface area (Å²) in [6, 6.07) is 18.5. The van der Waals surface area contributed by atoms with Gasteiger partial charge in [-0.2, -0.15) is 0 Å². The van der Waals surface area contributed by atoms with Crippen molar-refractivity contribution in [2.24, 2.45) is 5.73 Å². The third-order valence-electron chi connectivity index (χ3n) is 6.42. The smallest absolute Gasteiger partial charge is 0.410 e. The average Bonchev–Trinajstić information content (AvgIpc) is 2.95. The average molecular weight is 538 g/mol. The van der Waals surface area contributed by atoms with Gasteiger partial charge in [-0.3, -0.25) is 14.8 Å². The largest absolute Gasteiger partial charge is 0.412 e. The molecule has 0 aliphatic heterocycles. The lowest BCUT2D eigenvalue weighted by molar-refractivity contribution is -0.122. The molecule has 0 radical (unpaired) electrons. The van der Waals surface area contributed by atoms with Crippen LogP contribution in [0.4, 0.5) is 4.79 Å². The number of hydrogen-bond donors (Lipinski definition) is 3. The van der Waals surface area contributed by atoms with Gasteiger partial charge in [0.2, 0.25) is 5.91 Å². The maximum atomic E-state index is 12.6. The molecule has 2 amide bonds. The Hall–Kier alpha value is -4.56. The highest BCUT2D eigenvalue weighted by molar-refractivity contribution is 5.82. The predicted molar refractivity (Wildman–Crippen MR) is 156 cm³/mol. The number of nitrogens with one attached hydrogen (secondary N) is 2. The molecule has 0 aliphatic rings. The van der Waals surface area contributed by atoms with Crippen LogP contribution in [-0.4, -0.2) is 28.0 Å². The second-order valence-corrected chi connectivity index (χ2v) is 10.2. The number of aromatic nitrogens is 2. The summed E-state index contributed by atoms with van der Waals surface area (Å²) < 4.78 is 5.53. The van der Waals surface area contributed by atoms with Gasteiger partial charge < -0.3 is 21.1 Å². The summed E-state index contributed by atoms with van der Waals surface area (Å²) in [4.78, 5) is 33.4. The van der Waals surface area contributed by atoms with E-state index in [0.29, 0.717) is 31.2 Å². The number of amides is 2. The molecule has 2 aromatic carbocycles. The Balaban J connectivity index is 1.33. The van der Waals surface area contributed by atoms with Crippen molar-refractivity contribution in [3.63, 3.8) is 0 Å². The Morgan fingerprint density at radius 2 is 1.50 bits per heavy atom. The van der Waals surface area contributed by atoms with Gasteiger partial charge in [0.1, 0.15) is 5.75 Å². The molecule has 0 fully saturated rings. The zero-order chi connectivity index (χ0) is 28.5. The van der Waals surface area contributed by atoms with Crippen molar-refractivity contribution in [2.45, 2.75) is 52.2 Å². The van der Waals surface area contributed by atoms with Crippen LogP contribution in [-0.2, 0) is 24.3 Å². The number of nitrogens with zero attached hydrogens (tertiary/aromatic N) is 2. The van der Waals surface area contributed by atoms with Crippen LogP contribution in [0.3, 0.4) is 0 Å². The number of carbonyl (C=O) groups excluding carboxylic acids is 2. The highest BCUT2D eigenvalue weighted by atomic mass is 16.6. The Morgan fingerprint density at radius 3 is 2.25 bits per heavy atom. The van der Waals surface area contributed by atoms with Gasteiger partial charge in [-0.1, -0.05) is 62.4 Å². The first kappa shape index (κ1) is 28.4. The number of nitrogens with two attached hydrogens (primary N) is 1. The fraction of sp³-hybridized carbons (Fsp3) is 0.250. The molecule has 2 aromatic heterocycles. The molecule has 1 atom stereocenters. The van der Waals surface area contributed by atoms with E-state index in [1.54, 1.807) is 24.7 Å². The van der Waals surface area contributed by atoms with Crippen molar-refractivity contribution in [2.75, 3.05) is 0 Å². The van der Waals surface area contributed by atoms with E-state index in [0.717, 1.165) is 38.9 Å². The van der Waals surface area contributed by atoms with Crippen LogP contribution in [0.25, 0.3) is 11.1 Å². The molecule has 0 saturated carbocycles. The summed E-state index contributed by atoms with van der Waals surface area (Å²) in [5.74, 6) is 0.562. The molecule has 0 spiro atoms. The summed E-state index contributed by atoms with van der Waals surface area (Å²) in [5, 5.41) is 5.67. The van der Waals surface area contributed by atoms with Crippen molar-refractivity contribution in [3.05, 3.63) is 113 Å². The first-order valence-electron chi connectivity index (χ1n) is 13.3. The highest BCUT2D eigenvalue weighted by Crippen LogP contribution is 2.25. The van der Waals surface area contributed by atoms with Gasteiger partial charge >= 0.3 is 6.09 Å². The molecule has 2 heterocycles. The lowest BCUT2D eigenvalue weighted by atomic mass is 9.99. The summed E-state index contributed by atoms with van der Waals surface area (Å²) >= 11 is 0. The van der Waals surface area contributed by atoms with Gasteiger partial charge in [0.05, 0.1) is 6.04 Å². The maximum absolute atomic E-state index is 12.6. The standard InChI is InChI=1S/C32H35N5O3/c1-21(2)28-12-25(17-35-20-28)19-37-32(39)40-29-9-5-8-27(14-29)26-7-4-6-23(11-26)13-30(33)31(38)36-18-24-10-22(3)15-34-16-24/h4-12,14-17,20-21,30H,13,18-19,33H2,1-3H3,(H,36,38)(H,37,39). The molecule has 0 bridgehead atoms. The zero-order valence-electron chi connectivity index (χ0n) is 23.1. The monoisotopic (exact) mass is 537 g/mol. The molecular formula is C32H35N5O3. The fourth-order valence-corrected chi connectivity index (χ4v) is 4.24. The number of carbonyl (C=O) groups is 2. The van der Waals surface area contributed by atoms with Crippen LogP contribution in [0.2, 0.25) is 0 Å². The lowest BCUT2D eigenvalue weighted by Gasteiger charge is -2.14. The predicted octanol–water partition coefficient (Wildman–Crippen LogP) is 5.05. The number of rotatable bonds is 10. The van der Waals surface area contributed by atoms with Crippen molar-refractivity contribution in [1.29, 1.82) is 0 Å². The quantitative estimate of drug-likeness (QED) is 0.260. The molecular weight excluding hydrogens is 502 g/mol. The fourth-order valence-electron chi connectivity index (χ4n) is 4.24. The molecule has 40 heavy (non-hydrogen) atoms. The summed E-state index contributed by atoms with van der Waals surface area (Å²) in [5.41, 5.74) is 12.9. The molecule has 1 unspecified atom stereocenters. The van der Waals surface area contributed by atoms with Crippen LogP contribution in [0.5, 0.6) is 5.75 Å². The SMILES string of the molecule is Cc1cncc(CNC(=O)C(N)Cc2cccc(-c3cccc(OC(=O)NCc4cncc(C(C)C)c4)c3)c2)c1. The molecule has 206 valence electrons. The molecule has 8 heteroatoms. The molecule has 0 aliphatic carbocycles. The van der Waals surface area contributed by atoms with Gasteiger partial charge in [0, 0.05) is 37.9 Å². The first-order valence-corrected chi connectivity index (χ1v) is 13.3. The molecule has 4 aromatic rings. The normalized spacial score (nSPS) is 11.6. The van der Waals surface area contributed by atoms with Gasteiger partial charge in [0.15, 0.2) is 0 Å². The number of pyridine rings is 2. The van der Waals surface area contributed by atoms with Crippen molar-refractivity contribution >= 4 is 12.0 Å². The Labute approximate surface area is 235 Å². The van der Waals surface area contributed by atoms with Crippen molar-refractivity contribution in [1.82, 2.24) is 20.6 Å². The van der Waals surface area contributed by atoms with Crippen molar-refractivity contribution in [3.8, 4) is 16.9 Å². The second kappa shape index (κ2) is 13.5. The number of aryl methyl sites for hydroxylation is 1. The van der Waals surface area contributed by atoms with Crippen LogP contribution < -0.4 is 21.1 Å². The minimum atomic E-state index is -0.692. The third kappa shape index (κ3) is 8.22. The van der Waals surface area contributed by atoms with Gasteiger partial charge in [0.25, 0.3) is 0 Å². The Morgan fingerprint density at radius 1 is 0.825 bits per heavy atom. The summed E-state index contributed by atoms with van der Waals surface area (Å²) in [6.07, 6.45) is 6.91. The van der Waals surface area contributed by atoms with E-state index in [2.05, 4.69) is 34.4 Å². The maximum Gasteiger partial charge on any atom is 0.412 e. The minimum Gasteiger partial charge on any atom is -0.410 e. The van der Waals surface area contributed by atoms with E-state index >= 15 is 0 Å². The van der Waals surface area contributed by atoms with E-state index in [4.69, 9.17) is 10.5 Å². The zero-order valence-corrected chi connectivity index (χ0v) is 23.1. The molecule has 0 saturated heterocycles. The third-order valence-corrected chi connectivity index (χ3v) is 6.42. The van der Waals surface area contributed by atoms with E-state index in [9.17, 15) is 9.59 Å². The topological polar surface area (TPSA) is 119 Å². The van der Waals surface area contributed by atoms with Gasteiger partial charge in [-0.25, -0.2) is 4.79 Å². The molecule has 4 N–H and O–H groups in total. The number of benzene rings is 2. The van der Waals surface area contributed by atoms with Gasteiger partial charge in [-0.05, 0) is 70.3 Å². The Bertz CT molecular complexity index is 1470. The minimum absolute atomic E-state index is 0.222. The van der Waals surface area contributed by atoms with E-state index in [1.165, 1.54) is 0 Å². The second-order valence-electron chi connectivity index (χ2n) is 10.2. The van der Waals surface area contributed by atoms with Crippen molar-refractivity contribution < 1.29 is 14.3 Å². The Kier molecular flexibility index (Phi) is 9.59. The van der Waals surface area contributed by atoms with E-state index < -0.39 is 12.1 Å². The highest BCUT2D eigenvalue weighted by Gasteiger charge is 2.15. The number of hydrogen-bond acceptors (Lipinski definition) is 6. The number of ether oxygens (including phenoxy) is 1. The van der Waals surface area contributed by atoms with Crippen LogP contribution in [0.1, 0.15) is 47.6 Å². The van der Waals surface area contributed by atoms with Crippen LogP contribution >= 0.6 is 0 Å².